The Kier molecular flexibility index (Phi) is 9.45. The van der Waals surface area contributed by atoms with Crippen molar-refractivity contribution in [2.24, 2.45) is 0 Å². The van der Waals surface area contributed by atoms with Crippen molar-refractivity contribution in [3.63, 3.8) is 0 Å². The average Bonchev–Trinajstić information content (AvgIpc) is 3.79. The van der Waals surface area contributed by atoms with Crippen LogP contribution in [-0.2, 0) is 9.47 Å². The lowest BCUT2D eigenvalue weighted by atomic mass is 9.88. The van der Waals surface area contributed by atoms with Crippen LogP contribution in [0.1, 0.15) is 82.2 Å². The Balaban J connectivity index is 1.36. The van der Waals surface area contributed by atoms with Gasteiger partial charge in [0.25, 0.3) is 0 Å². The fraction of sp³-hybridized carbons (Fsp3) is 0.432. The molecule has 3 heterocycles. The second-order valence-electron chi connectivity index (χ2n) is 13.7. The number of fused-ring (bicyclic) bond motifs is 1. The number of carbonyl (C=O) groups excluding carboxylic acids is 1. The van der Waals surface area contributed by atoms with Crippen molar-refractivity contribution in [1.82, 2.24) is 19.7 Å². The number of aromatic nitrogens is 3. The van der Waals surface area contributed by atoms with E-state index in [4.69, 9.17) is 14.2 Å². The standard InChI is InChI=1S/C37H40F4N4O4/c1-35(2,3)49-34(46)44(4)36(17-18-36)23-48-30-16-14-26(22-42-30)32(28(21-37(39,40)41)24-10-6-5-7-11-24)25-13-15-29-27(20-25)33(38)43-45(29)31-12-8-9-19-47-31/h5-7,10-11,13-16,20,22,31H,8-9,12,17-19,21,23H2,1-4H3/b32-28-. The molecule has 1 saturated carbocycles. The molecule has 6 rings (SSSR count). The topological polar surface area (TPSA) is 78.7 Å². The van der Waals surface area contributed by atoms with E-state index in [1.165, 1.54) is 10.9 Å². The summed E-state index contributed by atoms with van der Waals surface area (Å²) < 4.78 is 76.9. The van der Waals surface area contributed by atoms with E-state index in [9.17, 15) is 18.0 Å². The monoisotopic (exact) mass is 680 g/mol. The van der Waals surface area contributed by atoms with Gasteiger partial charge < -0.3 is 19.1 Å². The molecular weight excluding hydrogens is 640 g/mol. The summed E-state index contributed by atoms with van der Waals surface area (Å²) in [6.45, 7) is 6.12. The number of alkyl halides is 3. The molecular formula is C37H40F4N4O4. The van der Waals surface area contributed by atoms with Crippen LogP contribution in [0.3, 0.4) is 0 Å². The SMILES string of the molecule is CN(C(=O)OC(C)(C)C)C1(COc2ccc(/C(=C(/CC(F)(F)F)c3ccccc3)c3ccc4c(c3)c(F)nn4C3CCCCO3)cn2)CC1. The van der Waals surface area contributed by atoms with Crippen LogP contribution in [0.5, 0.6) is 5.88 Å². The summed E-state index contributed by atoms with van der Waals surface area (Å²) in [4.78, 5) is 18.7. The third-order valence-corrected chi connectivity index (χ3v) is 8.90. The normalized spacial score (nSPS) is 18.2. The summed E-state index contributed by atoms with van der Waals surface area (Å²) in [5.74, 6) is -0.478. The van der Waals surface area contributed by atoms with Crippen LogP contribution >= 0.6 is 0 Å². The van der Waals surface area contributed by atoms with Crippen molar-refractivity contribution in [2.75, 3.05) is 20.3 Å². The molecule has 1 saturated heterocycles. The summed E-state index contributed by atoms with van der Waals surface area (Å²) in [5, 5.41) is 4.30. The molecule has 1 aliphatic carbocycles. The predicted octanol–water partition coefficient (Wildman–Crippen LogP) is 8.96. The fourth-order valence-corrected chi connectivity index (χ4v) is 6.15. The molecule has 0 N–H and O–H groups in total. The summed E-state index contributed by atoms with van der Waals surface area (Å²) in [6.07, 6.45) is -1.18. The number of likely N-dealkylation sites (N-methyl/N-ethyl adjacent to an activating group) is 1. The third kappa shape index (κ3) is 7.90. The molecule has 2 aliphatic rings. The molecule has 260 valence electrons. The highest BCUT2D eigenvalue weighted by Crippen LogP contribution is 2.43. The first-order valence-corrected chi connectivity index (χ1v) is 16.4. The lowest BCUT2D eigenvalue weighted by Gasteiger charge is -2.30. The van der Waals surface area contributed by atoms with Crippen LogP contribution in [0, 0.1) is 5.95 Å². The fourth-order valence-electron chi connectivity index (χ4n) is 6.15. The Morgan fingerprint density at radius 1 is 1.02 bits per heavy atom. The van der Waals surface area contributed by atoms with Crippen molar-refractivity contribution >= 4 is 28.1 Å². The number of hydrogen-bond acceptors (Lipinski definition) is 6. The van der Waals surface area contributed by atoms with E-state index in [2.05, 4.69) is 10.1 Å². The number of carbonyl (C=O) groups is 1. The first kappa shape index (κ1) is 34.4. The molecule has 2 aromatic heterocycles. The van der Waals surface area contributed by atoms with Gasteiger partial charge in [0.2, 0.25) is 11.8 Å². The zero-order valence-electron chi connectivity index (χ0n) is 28.0. The second-order valence-corrected chi connectivity index (χ2v) is 13.7. The zero-order valence-corrected chi connectivity index (χ0v) is 28.0. The van der Waals surface area contributed by atoms with Gasteiger partial charge in [-0.05, 0) is 93.3 Å². The summed E-state index contributed by atoms with van der Waals surface area (Å²) >= 11 is 0. The van der Waals surface area contributed by atoms with Crippen LogP contribution < -0.4 is 4.74 Å². The third-order valence-electron chi connectivity index (χ3n) is 8.90. The maximum Gasteiger partial charge on any atom is 0.410 e. The number of benzene rings is 2. The summed E-state index contributed by atoms with van der Waals surface area (Å²) in [7, 11) is 1.68. The first-order valence-electron chi connectivity index (χ1n) is 16.4. The van der Waals surface area contributed by atoms with Crippen LogP contribution in [-0.4, -0.2) is 63.3 Å². The van der Waals surface area contributed by atoms with E-state index >= 15 is 4.39 Å². The Labute approximate surface area is 282 Å². The van der Waals surface area contributed by atoms with E-state index in [0.29, 0.717) is 35.2 Å². The van der Waals surface area contributed by atoms with E-state index in [1.807, 2.05) is 0 Å². The van der Waals surface area contributed by atoms with Crippen molar-refractivity contribution in [1.29, 1.82) is 0 Å². The highest BCUT2D eigenvalue weighted by Gasteiger charge is 2.50. The Morgan fingerprint density at radius 2 is 1.76 bits per heavy atom. The molecule has 8 nitrogen and oxygen atoms in total. The van der Waals surface area contributed by atoms with E-state index in [0.717, 1.165) is 25.7 Å². The smallest absolute Gasteiger partial charge is 0.410 e. The summed E-state index contributed by atoms with van der Waals surface area (Å²) in [5.41, 5.74) is 0.745. The Bertz CT molecular complexity index is 1820. The number of amides is 1. The molecule has 12 heteroatoms. The highest BCUT2D eigenvalue weighted by molar-refractivity contribution is 6.00. The molecule has 2 fully saturated rings. The number of nitrogens with zero attached hydrogens (tertiary/aromatic N) is 4. The first-order chi connectivity index (χ1) is 23.2. The van der Waals surface area contributed by atoms with Crippen LogP contribution in [0.15, 0.2) is 66.9 Å². The average molecular weight is 681 g/mol. The lowest BCUT2D eigenvalue weighted by molar-refractivity contribution is -0.122. The van der Waals surface area contributed by atoms with Crippen molar-refractivity contribution in [2.45, 2.75) is 82.8 Å². The minimum atomic E-state index is -4.54. The molecule has 0 spiro atoms. The maximum atomic E-state index is 15.4. The van der Waals surface area contributed by atoms with Gasteiger partial charge in [0.1, 0.15) is 12.2 Å². The second kappa shape index (κ2) is 13.5. The van der Waals surface area contributed by atoms with E-state index in [-0.39, 0.29) is 29.0 Å². The highest BCUT2D eigenvalue weighted by atomic mass is 19.4. The Hall–Kier alpha value is -4.45. The van der Waals surface area contributed by atoms with Gasteiger partial charge in [-0.25, -0.2) is 14.5 Å². The lowest BCUT2D eigenvalue weighted by Crippen LogP contribution is -2.45. The van der Waals surface area contributed by atoms with E-state index in [1.54, 1.807) is 93.4 Å². The molecule has 49 heavy (non-hydrogen) atoms. The molecule has 1 amide bonds. The van der Waals surface area contributed by atoms with Gasteiger partial charge in [-0.15, -0.1) is 5.10 Å². The van der Waals surface area contributed by atoms with Crippen LogP contribution in [0.25, 0.3) is 22.0 Å². The van der Waals surface area contributed by atoms with Crippen LogP contribution in [0.4, 0.5) is 22.4 Å². The quantitative estimate of drug-likeness (QED) is 0.130. The number of pyridine rings is 1. The largest absolute Gasteiger partial charge is 0.475 e. The zero-order chi connectivity index (χ0) is 35.0. The number of hydrogen-bond donors (Lipinski definition) is 0. The molecule has 0 bridgehead atoms. The molecule has 2 aromatic carbocycles. The van der Waals surface area contributed by atoms with Crippen molar-refractivity contribution in [3.8, 4) is 5.88 Å². The van der Waals surface area contributed by atoms with Gasteiger partial charge in [-0.3, -0.25) is 0 Å². The molecule has 1 unspecified atom stereocenters. The van der Waals surface area contributed by atoms with Gasteiger partial charge in [0.05, 0.1) is 22.9 Å². The van der Waals surface area contributed by atoms with Crippen molar-refractivity contribution in [3.05, 3.63) is 89.5 Å². The molecule has 1 aliphatic heterocycles. The van der Waals surface area contributed by atoms with Crippen molar-refractivity contribution < 1.29 is 36.6 Å². The maximum absolute atomic E-state index is 15.4. The minimum absolute atomic E-state index is 0.0160. The van der Waals surface area contributed by atoms with Gasteiger partial charge >= 0.3 is 12.3 Å². The minimum Gasteiger partial charge on any atom is -0.475 e. The van der Waals surface area contributed by atoms with Gasteiger partial charge in [-0.2, -0.15) is 17.6 Å². The summed E-state index contributed by atoms with van der Waals surface area (Å²) in [6, 6.07) is 16.5. The van der Waals surface area contributed by atoms with E-state index < -0.39 is 42.0 Å². The molecule has 4 aromatic rings. The Morgan fingerprint density at radius 3 is 2.37 bits per heavy atom. The van der Waals surface area contributed by atoms with Gasteiger partial charge in [0.15, 0.2) is 6.23 Å². The van der Waals surface area contributed by atoms with Gasteiger partial charge in [-0.1, -0.05) is 36.4 Å². The number of allylic oxidation sites excluding steroid dienone is 1. The molecule has 0 radical (unpaired) electrons. The number of ether oxygens (including phenoxy) is 3. The predicted molar refractivity (Wildman–Crippen MR) is 177 cm³/mol. The number of rotatable bonds is 9. The van der Waals surface area contributed by atoms with Crippen LogP contribution in [0.2, 0.25) is 0 Å². The molecule has 1 atom stereocenters. The number of halogens is 4. The van der Waals surface area contributed by atoms with Gasteiger partial charge in [0, 0.05) is 31.5 Å².